The SMILES string of the molecule is CC[C@@H](C)C(=O)C1=C(O)C(CC=C(C)C)=C(O)C(CC=C(C)C)(CC=C(C)C)C1=O. The van der Waals surface area contributed by atoms with Crippen molar-refractivity contribution in [2.45, 2.75) is 81.1 Å². The van der Waals surface area contributed by atoms with Crippen LogP contribution in [0.5, 0.6) is 0 Å². The minimum absolute atomic E-state index is 0.127. The lowest BCUT2D eigenvalue weighted by Gasteiger charge is -2.36. The van der Waals surface area contributed by atoms with Crippen LogP contribution in [-0.4, -0.2) is 21.8 Å². The van der Waals surface area contributed by atoms with Gasteiger partial charge in [0.05, 0.1) is 5.41 Å². The molecule has 30 heavy (non-hydrogen) atoms. The molecule has 0 aromatic rings. The number of allylic oxidation sites excluding steroid dienone is 9. The Morgan fingerprint density at radius 2 is 1.40 bits per heavy atom. The monoisotopic (exact) mass is 414 g/mol. The molecule has 1 atom stereocenters. The van der Waals surface area contributed by atoms with Gasteiger partial charge in [-0.2, -0.15) is 0 Å². The van der Waals surface area contributed by atoms with Crippen LogP contribution in [0.4, 0.5) is 0 Å². The summed E-state index contributed by atoms with van der Waals surface area (Å²) in [5.41, 5.74) is 1.88. The number of rotatable bonds is 9. The van der Waals surface area contributed by atoms with E-state index in [2.05, 4.69) is 0 Å². The van der Waals surface area contributed by atoms with Crippen molar-refractivity contribution in [1.82, 2.24) is 0 Å². The van der Waals surface area contributed by atoms with Gasteiger partial charge in [-0.15, -0.1) is 0 Å². The third-order valence-electron chi connectivity index (χ3n) is 5.66. The molecule has 0 spiro atoms. The van der Waals surface area contributed by atoms with E-state index in [1.807, 2.05) is 66.7 Å². The van der Waals surface area contributed by atoms with Gasteiger partial charge in [0.15, 0.2) is 11.6 Å². The van der Waals surface area contributed by atoms with Gasteiger partial charge in [-0.3, -0.25) is 9.59 Å². The number of hydrogen-bond donors (Lipinski definition) is 2. The fraction of sp³-hybridized carbons (Fsp3) is 0.538. The number of aliphatic hydroxyl groups is 2. The fourth-order valence-corrected chi connectivity index (χ4v) is 3.38. The molecule has 0 bridgehead atoms. The summed E-state index contributed by atoms with van der Waals surface area (Å²) in [5, 5.41) is 22.3. The fourth-order valence-electron chi connectivity index (χ4n) is 3.38. The van der Waals surface area contributed by atoms with Crippen molar-refractivity contribution in [2.24, 2.45) is 11.3 Å². The second-order valence-corrected chi connectivity index (χ2v) is 9.09. The van der Waals surface area contributed by atoms with Crippen LogP contribution in [0.25, 0.3) is 0 Å². The van der Waals surface area contributed by atoms with Crippen LogP contribution >= 0.6 is 0 Å². The van der Waals surface area contributed by atoms with E-state index in [0.29, 0.717) is 6.42 Å². The maximum absolute atomic E-state index is 13.7. The van der Waals surface area contributed by atoms with Gasteiger partial charge < -0.3 is 10.2 Å². The summed E-state index contributed by atoms with van der Waals surface area (Å²) in [5.74, 6) is -1.73. The van der Waals surface area contributed by atoms with Gasteiger partial charge in [0, 0.05) is 11.5 Å². The van der Waals surface area contributed by atoms with Crippen molar-refractivity contribution in [3.05, 3.63) is 57.6 Å². The average molecular weight is 415 g/mol. The molecule has 0 aromatic carbocycles. The van der Waals surface area contributed by atoms with Gasteiger partial charge in [-0.05, 0) is 67.2 Å². The highest BCUT2D eigenvalue weighted by atomic mass is 16.3. The maximum Gasteiger partial charge on any atom is 0.184 e. The highest BCUT2D eigenvalue weighted by Gasteiger charge is 2.50. The smallest absolute Gasteiger partial charge is 0.184 e. The first kappa shape index (κ1) is 25.7. The molecular formula is C26H38O4. The van der Waals surface area contributed by atoms with E-state index < -0.39 is 11.2 Å². The number of ketones is 2. The lowest BCUT2D eigenvalue weighted by molar-refractivity contribution is -0.129. The van der Waals surface area contributed by atoms with Crippen LogP contribution < -0.4 is 0 Å². The maximum atomic E-state index is 13.7. The van der Waals surface area contributed by atoms with E-state index in [9.17, 15) is 19.8 Å². The van der Waals surface area contributed by atoms with E-state index in [-0.39, 0.29) is 53.6 Å². The minimum atomic E-state index is -1.29. The summed E-state index contributed by atoms with van der Waals surface area (Å²) in [4.78, 5) is 26.8. The van der Waals surface area contributed by atoms with E-state index in [1.54, 1.807) is 6.92 Å². The molecule has 0 amide bonds. The molecule has 0 radical (unpaired) electrons. The van der Waals surface area contributed by atoms with E-state index in [4.69, 9.17) is 0 Å². The summed E-state index contributed by atoms with van der Waals surface area (Å²) in [6, 6.07) is 0. The van der Waals surface area contributed by atoms with Crippen LogP contribution in [0.3, 0.4) is 0 Å². The Morgan fingerprint density at radius 3 is 1.80 bits per heavy atom. The predicted molar refractivity (Wildman–Crippen MR) is 123 cm³/mol. The molecular weight excluding hydrogens is 376 g/mol. The highest BCUT2D eigenvalue weighted by molar-refractivity contribution is 6.24. The normalized spacial score (nSPS) is 16.9. The van der Waals surface area contributed by atoms with Gasteiger partial charge in [0.25, 0.3) is 0 Å². The first-order valence-electron chi connectivity index (χ1n) is 10.7. The van der Waals surface area contributed by atoms with E-state index in [1.165, 1.54) is 0 Å². The molecule has 0 aromatic heterocycles. The van der Waals surface area contributed by atoms with Gasteiger partial charge in [0.2, 0.25) is 0 Å². The molecule has 0 fully saturated rings. The van der Waals surface area contributed by atoms with E-state index in [0.717, 1.165) is 16.7 Å². The van der Waals surface area contributed by atoms with Crippen molar-refractivity contribution >= 4 is 11.6 Å². The summed E-state index contributed by atoms with van der Waals surface area (Å²) in [7, 11) is 0. The standard InChI is InChI=1S/C26H38O4/c1-9-19(8)22(27)21-23(28)20(11-10-16(2)3)24(29)26(25(21)30,14-12-17(4)5)15-13-18(6)7/h10,12-13,19,28-29H,9,11,14-15H2,1-8H3/t19-/m1/s1. The zero-order valence-electron chi connectivity index (χ0n) is 19.8. The molecule has 0 aliphatic heterocycles. The molecule has 0 saturated heterocycles. The summed E-state index contributed by atoms with van der Waals surface area (Å²) >= 11 is 0. The Balaban J connectivity index is 3.87. The summed E-state index contributed by atoms with van der Waals surface area (Å²) in [6.45, 7) is 15.2. The third kappa shape index (κ3) is 5.62. The molecule has 1 rings (SSSR count). The lowest BCUT2D eigenvalue weighted by atomic mass is 9.66. The number of carbonyl (C=O) groups is 2. The summed E-state index contributed by atoms with van der Waals surface area (Å²) < 4.78 is 0. The highest BCUT2D eigenvalue weighted by Crippen LogP contribution is 2.47. The molecule has 2 N–H and O–H groups in total. The Labute approximate surface area is 181 Å². The second kappa shape index (κ2) is 10.6. The zero-order valence-corrected chi connectivity index (χ0v) is 19.8. The first-order chi connectivity index (χ1) is 13.9. The Morgan fingerprint density at radius 1 is 0.933 bits per heavy atom. The van der Waals surface area contributed by atoms with Crippen LogP contribution in [0, 0.1) is 11.3 Å². The molecule has 0 saturated carbocycles. The van der Waals surface area contributed by atoms with Crippen LogP contribution in [-0.2, 0) is 9.59 Å². The van der Waals surface area contributed by atoms with Crippen molar-refractivity contribution < 1.29 is 19.8 Å². The molecule has 0 heterocycles. The quantitative estimate of drug-likeness (QED) is 0.319. The summed E-state index contributed by atoms with van der Waals surface area (Å²) in [6.07, 6.45) is 7.08. The van der Waals surface area contributed by atoms with Gasteiger partial charge >= 0.3 is 0 Å². The van der Waals surface area contributed by atoms with Crippen molar-refractivity contribution in [3.8, 4) is 0 Å². The van der Waals surface area contributed by atoms with Crippen molar-refractivity contribution in [2.75, 3.05) is 0 Å². The molecule has 1 aliphatic carbocycles. The van der Waals surface area contributed by atoms with Crippen molar-refractivity contribution in [3.63, 3.8) is 0 Å². The number of hydrogen-bond acceptors (Lipinski definition) is 4. The number of carbonyl (C=O) groups excluding carboxylic acids is 2. The Bertz CT molecular complexity index is 814. The average Bonchev–Trinajstić information content (AvgIpc) is 2.66. The lowest BCUT2D eigenvalue weighted by Crippen LogP contribution is -2.41. The van der Waals surface area contributed by atoms with Crippen LogP contribution in [0.2, 0.25) is 0 Å². The predicted octanol–water partition coefficient (Wildman–Crippen LogP) is 6.86. The molecule has 1 aliphatic rings. The minimum Gasteiger partial charge on any atom is -0.511 e. The van der Waals surface area contributed by atoms with Crippen molar-refractivity contribution in [1.29, 1.82) is 0 Å². The van der Waals surface area contributed by atoms with Gasteiger partial charge in [0.1, 0.15) is 17.1 Å². The molecule has 166 valence electrons. The topological polar surface area (TPSA) is 74.6 Å². The molecule has 0 unspecified atom stereocenters. The van der Waals surface area contributed by atoms with Crippen LogP contribution in [0.15, 0.2) is 57.6 Å². The van der Waals surface area contributed by atoms with E-state index >= 15 is 0 Å². The first-order valence-corrected chi connectivity index (χ1v) is 10.7. The van der Waals surface area contributed by atoms with Gasteiger partial charge in [-0.1, -0.05) is 48.8 Å². The Kier molecular flexibility index (Phi) is 9.08. The number of aliphatic hydroxyl groups excluding tert-OH is 2. The Hall–Kier alpha value is -2.36. The number of Topliss-reactive ketones (excluding diaryl/α,β-unsaturated/α-hetero) is 2. The zero-order chi connectivity index (χ0) is 23.2. The second-order valence-electron chi connectivity index (χ2n) is 9.09. The largest absolute Gasteiger partial charge is 0.511 e. The molecule has 4 nitrogen and oxygen atoms in total. The third-order valence-corrected chi connectivity index (χ3v) is 5.66. The van der Waals surface area contributed by atoms with Crippen LogP contribution in [0.1, 0.15) is 81.1 Å². The van der Waals surface area contributed by atoms with Gasteiger partial charge in [-0.25, -0.2) is 0 Å². The molecule has 4 heteroatoms.